The van der Waals surface area contributed by atoms with Crippen molar-refractivity contribution in [2.45, 2.75) is 4.96 Å². The largest absolute Gasteiger partial charge is 0.388 e. The molecule has 7 heteroatoms. The van der Waals surface area contributed by atoms with Crippen LogP contribution < -0.4 is 0 Å². The van der Waals surface area contributed by atoms with Crippen molar-refractivity contribution in [3.63, 3.8) is 0 Å². The summed E-state index contributed by atoms with van der Waals surface area (Å²) < 4.78 is 26.9. The van der Waals surface area contributed by atoms with E-state index in [4.69, 9.17) is 0 Å². The molecular formula is C4HBrF2I2N2. The monoisotopic (exact) mass is 448 g/mol. The molecule has 0 fully saturated rings. The van der Waals surface area contributed by atoms with Crippen molar-refractivity contribution in [2.24, 2.45) is 0 Å². The second kappa shape index (κ2) is 3.40. The van der Waals surface area contributed by atoms with Gasteiger partial charge in [0.2, 0.25) is 0 Å². The van der Waals surface area contributed by atoms with Gasteiger partial charge in [0.05, 0.1) is 0 Å². The van der Waals surface area contributed by atoms with Crippen LogP contribution in [0.4, 0.5) is 8.78 Å². The molecular weight excluding hydrogens is 448 g/mol. The average Bonchev–Trinajstić information content (AvgIpc) is 2.11. The van der Waals surface area contributed by atoms with Crippen LogP contribution in [0.5, 0.6) is 0 Å². The van der Waals surface area contributed by atoms with Gasteiger partial charge in [0.15, 0.2) is 0 Å². The first kappa shape index (κ1) is 10.1. The van der Waals surface area contributed by atoms with Crippen LogP contribution in [0.3, 0.4) is 0 Å². The Balaban J connectivity index is 3.15. The summed E-state index contributed by atoms with van der Waals surface area (Å²) in [4.78, 5) is 0.673. The van der Waals surface area contributed by atoms with Gasteiger partial charge in [-0.1, -0.05) is 0 Å². The van der Waals surface area contributed by atoms with E-state index >= 15 is 0 Å². The second-order valence-corrected chi connectivity index (χ2v) is 4.66. The summed E-state index contributed by atoms with van der Waals surface area (Å²) in [5, 5.41) is 0. The SMILES string of the molecule is FC(F)(Br)n1cnc(I)c1I. The van der Waals surface area contributed by atoms with E-state index < -0.39 is 4.96 Å². The van der Waals surface area contributed by atoms with Gasteiger partial charge in [-0.2, -0.15) is 8.78 Å². The molecule has 0 aromatic carbocycles. The number of hydrogen-bond donors (Lipinski definition) is 0. The molecule has 1 aromatic rings. The molecule has 0 unspecified atom stereocenters. The van der Waals surface area contributed by atoms with E-state index in [2.05, 4.69) is 20.9 Å². The molecule has 0 bridgehead atoms. The van der Waals surface area contributed by atoms with Crippen molar-refractivity contribution in [1.82, 2.24) is 9.55 Å². The van der Waals surface area contributed by atoms with Crippen LogP contribution in [0.1, 0.15) is 0 Å². The summed E-state index contributed by atoms with van der Waals surface area (Å²) >= 11 is 5.93. The fourth-order valence-corrected chi connectivity index (χ4v) is 2.04. The maximum Gasteiger partial charge on any atom is 0.388 e. The van der Waals surface area contributed by atoms with E-state index in [1.54, 1.807) is 0 Å². The lowest BCUT2D eigenvalue weighted by Crippen LogP contribution is -2.15. The molecule has 0 amide bonds. The number of hydrogen-bond acceptors (Lipinski definition) is 1. The molecule has 1 heterocycles. The minimum absolute atomic E-state index is 0.421. The van der Waals surface area contributed by atoms with Crippen LogP contribution in [0.25, 0.3) is 0 Å². The minimum atomic E-state index is -3.04. The van der Waals surface area contributed by atoms with Gasteiger partial charge in [0, 0.05) is 15.9 Å². The van der Waals surface area contributed by atoms with Crippen molar-refractivity contribution < 1.29 is 8.78 Å². The highest BCUT2D eigenvalue weighted by molar-refractivity contribution is 14.1. The molecule has 0 saturated heterocycles. The van der Waals surface area contributed by atoms with Crippen LogP contribution in [-0.2, 0) is 4.96 Å². The number of halogens is 5. The van der Waals surface area contributed by atoms with E-state index in [0.717, 1.165) is 10.9 Å². The third-order valence-corrected chi connectivity index (χ3v) is 4.18. The lowest BCUT2D eigenvalue weighted by atomic mass is 10.9. The maximum absolute atomic E-state index is 12.6. The van der Waals surface area contributed by atoms with Gasteiger partial charge in [-0.3, -0.25) is 4.57 Å². The highest BCUT2D eigenvalue weighted by atomic mass is 127. The quantitative estimate of drug-likeness (QED) is 0.477. The van der Waals surface area contributed by atoms with Crippen LogP contribution in [0.2, 0.25) is 0 Å². The zero-order valence-electron chi connectivity index (χ0n) is 4.86. The molecule has 0 spiro atoms. The third-order valence-electron chi connectivity index (χ3n) is 0.941. The van der Waals surface area contributed by atoms with E-state index in [-0.39, 0.29) is 0 Å². The normalized spacial score (nSPS) is 12.1. The van der Waals surface area contributed by atoms with E-state index in [0.29, 0.717) is 7.40 Å². The highest BCUT2D eigenvalue weighted by Crippen LogP contribution is 2.31. The minimum Gasteiger partial charge on any atom is -0.254 e. The molecule has 1 aromatic heterocycles. The smallest absolute Gasteiger partial charge is 0.254 e. The van der Waals surface area contributed by atoms with Crippen molar-refractivity contribution in [1.29, 1.82) is 0 Å². The highest BCUT2D eigenvalue weighted by Gasteiger charge is 2.29. The van der Waals surface area contributed by atoms with Crippen LogP contribution >= 0.6 is 61.1 Å². The Morgan fingerprint density at radius 3 is 2.27 bits per heavy atom. The molecule has 0 atom stereocenters. The number of alkyl halides is 3. The van der Waals surface area contributed by atoms with E-state index in [1.807, 2.05) is 45.2 Å². The topological polar surface area (TPSA) is 17.8 Å². The van der Waals surface area contributed by atoms with Crippen molar-refractivity contribution in [3.8, 4) is 0 Å². The molecule has 11 heavy (non-hydrogen) atoms. The Hall–Kier alpha value is 1.01. The molecule has 62 valence electrons. The van der Waals surface area contributed by atoms with Crippen molar-refractivity contribution in [3.05, 3.63) is 13.7 Å². The summed E-state index contributed by atoms with van der Waals surface area (Å²) in [5.74, 6) is 0. The Morgan fingerprint density at radius 2 is 2.09 bits per heavy atom. The van der Waals surface area contributed by atoms with Gasteiger partial charge < -0.3 is 0 Å². The Kier molecular flexibility index (Phi) is 3.12. The predicted molar refractivity (Wildman–Crippen MR) is 56.8 cm³/mol. The molecule has 0 aliphatic heterocycles. The third kappa shape index (κ3) is 2.23. The summed E-state index contributed by atoms with van der Waals surface area (Å²) in [6.07, 6.45) is 1.10. The zero-order chi connectivity index (χ0) is 8.65. The fraction of sp³-hybridized carbons (Fsp3) is 0.250. The average molecular weight is 449 g/mol. The van der Waals surface area contributed by atoms with Gasteiger partial charge in [0.25, 0.3) is 0 Å². The molecule has 2 nitrogen and oxygen atoms in total. The Morgan fingerprint density at radius 1 is 1.55 bits per heavy atom. The second-order valence-electron chi connectivity index (χ2n) is 1.66. The van der Waals surface area contributed by atoms with Gasteiger partial charge >= 0.3 is 4.96 Å². The Labute approximate surface area is 97.2 Å². The first-order valence-corrected chi connectivity index (χ1v) is 5.33. The molecule has 0 N–H and O–H groups in total. The maximum atomic E-state index is 12.6. The van der Waals surface area contributed by atoms with Gasteiger partial charge in [-0.25, -0.2) is 4.98 Å². The van der Waals surface area contributed by atoms with E-state index in [1.165, 1.54) is 0 Å². The van der Waals surface area contributed by atoms with Crippen molar-refractivity contribution in [2.75, 3.05) is 0 Å². The first-order chi connectivity index (χ1) is 4.93. The number of nitrogens with zero attached hydrogens (tertiary/aromatic N) is 2. The molecule has 0 radical (unpaired) electrons. The predicted octanol–water partition coefficient (Wildman–Crippen LogP) is 2.99. The summed E-state index contributed by atoms with van der Waals surface area (Å²) in [7, 11) is 0. The molecule has 0 saturated carbocycles. The van der Waals surface area contributed by atoms with Crippen LogP contribution in [0.15, 0.2) is 6.33 Å². The van der Waals surface area contributed by atoms with E-state index in [9.17, 15) is 8.78 Å². The van der Waals surface area contributed by atoms with Crippen LogP contribution in [0, 0.1) is 7.40 Å². The number of rotatable bonds is 1. The number of aromatic nitrogens is 2. The fourth-order valence-electron chi connectivity index (χ4n) is 0.489. The summed E-state index contributed by atoms with van der Waals surface area (Å²) in [5.41, 5.74) is 0. The van der Waals surface area contributed by atoms with Crippen molar-refractivity contribution >= 4 is 61.1 Å². The van der Waals surface area contributed by atoms with Gasteiger partial charge in [-0.05, 0) is 45.2 Å². The number of imidazole rings is 1. The summed E-state index contributed by atoms with van der Waals surface area (Å²) in [6.45, 7) is 0. The molecule has 0 aliphatic carbocycles. The summed E-state index contributed by atoms with van der Waals surface area (Å²) in [6, 6.07) is 0. The lowest BCUT2D eigenvalue weighted by molar-refractivity contribution is 0.0304. The standard InChI is InChI=1S/C4HBrF2I2N2/c5-4(6,7)11-1-10-2(8)3(11)9/h1H. The first-order valence-electron chi connectivity index (χ1n) is 2.38. The Bertz CT molecular complexity index is 270. The van der Waals surface area contributed by atoms with Crippen LogP contribution in [-0.4, -0.2) is 9.55 Å². The molecule has 0 aliphatic rings. The zero-order valence-corrected chi connectivity index (χ0v) is 10.8. The van der Waals surface area contributed by atoms with Gasteiger partial charge in [0.1, 0.15) is 13.7 Å². The van der Waals surface area contributed by atoms with Gasteiger partial charge in [-0.15, -0.1) is 0 Å². The lowest BCUT2D eigenvalue weighted by Gasteiger charge is -2.09. The molecule has 1 rings (SSSR count).